The predicted molar refractivity (Wildman–Crippen MR) is 131 cm³/mol. The first-order chi connectivity index (χ1) is 17.4. The van der Waals surface area contributed by atoms with E-state index in [0.717, 1.165) is 5.56 Å². The molecule has 2 aliphatic heterocycles. The maximum Gasteiger partial charge on any atom is 0.313 e. The minimum atomic E-state index is -1.03. The van der Waals surface area contributed by atoms with E-state index in [2.05, 4.69) is 22.0 Å². The zero-order valence-electron chi connectivity index (χ0n) is 19.7. The van der Waals surface area contributed by atoms with Crippen LogP contribution in [0.3, 0.4) is 0 Å². The van der Waals surface area contributed by atoms with Crippen molar-refractivity contribution in [1.29, 1.82) is 5.26 Å². The van der Waals surface area contributed by atoms with Crippen molar-refractivity contribution in [1.82, 2.24) is 15.5 Å². The fraction of sp³-hybridized carbons (Fsp3) is 0.370. The third kappa shape index (κ3) is 4.19. The summed E-state index contributed by atoms with van der Waals surface area (Å²) in [6.45, 7) is -0.0153. The summed E-state index contributed by atoms with van der Waals surface area (Å²) >= 11 is 0. The average molecular weight is 486 g/mol. The lowest BCUT2D eigenvalue weighted by molar-refractivity contribution is -0.146. The van der Waals surface area contributed by atoms with Crippen molar-refractivity contribution in [2.75, 3.05) is 11.9 Å². The van der Waals surface area contributed by atoms with Gasteiger partial charge in [-0.25, -0.2) is 0 Å². The Balaban J connectivity index is 1.18. The van der Waals surface area contributed by atoms with Crippen LogP contribution in [0.15, 0.2) is 54.6 Å². The van der Waals surface area contributed by atoms with Gasteiger partial charge in [-0.15, -0.1) is 0 Å². The average Bonchev–Trinajstić information content (AvgIpc) is 3.43. The highest BCUT2D eigenvalue weighted by Crippen LogP contribution is 2.46. The van der Waals surface area contributed by atoms with E-state index in [9.17, 15) is 24.4 Å². The van der Waals surface area contributed by atoms with E-state index >= 15 is 0 Å². The highest BCUT2D eigenvalue weighted by atomic mass is 16.2. The molecule has 1 saturated heterocycles. The van der Waals surface area contributed by atoms with E-state index in [1.807, 2.05) is 36.4 Å². The van der Waals surface area contributed by atoms with Crippen molar-refractivity contribution < 1.29 is 19.2 Å². The van der Waals surface area contributed by atoms with E-state index in [-0.39, 0.29) is 36.9 Å². The highest BCUT2D eigenvalue weighted by molar-refractivity contribution is 6.35. The van der Waals surface area contributed by atoms with Crippen LogP contribution in [-0.2, 0) is 19.8 Å². The monoisotopic (exact) mass is 485 g/mol. The maximum absolute atomic E-state index is 13.1. The minimum absolute atomic E-state index is 0.00363. The van der Waals surface area contributed by atoms with Gasteiger partial charge in [0.25, 0.3) is 5.91 Å². The van der Waals surface area contributed by atoms with Crippen molar-refractivity contribution in [3.05, 3.63) is 65.7 Å². The van der Waals surface area contributed by atoms with Crippen LogP contribution in [0.4, 0.5) is 5.69 Å². The molecule has 1 saturated carbocycles. The van der Waals surface area contributed by atoms with Gasteiger partial charge >= 0.3 is 11.8 Å². The molecule has 0 radical (unpaired) electrons. The molecule has 1 aliphatic carbocycles. The van der Waals surface area contributed by atoms with Gasteiger partial charge in [-0.3, -0.25) is 19.2 Å². The summed E-state index contributed by atoms with van der Waals surface area (Å²) in [5, 5.41) is 18.4. The predicted octanol–water partition coefficient (Wildman–Crippen LogP) is 1.86. The number of benzene rings is 2. The van der Waals surface area contributed by atoms with Crippen LogP contribution in [0.5, 0.6) is 0 Å². The number of rotatable bonds is 3. The third-order valence-corrected chi connectivity index (χ3v) is 7.52. The van der Waals surface area contributed by atoms with E-state index in [1.54, 1.807) is 18.2 Å². The molecule has 4 amide bonds. The number of nitriles is 1. The number of nitrogens with zero attached hydrogens (tertiary/aromatic N) is 2. The van der Waals surface area contributed by atoms with Gasteiger partial charge in [-0.1, -0.05) is 36.4 Å². The number of amides is 4. The van der Waals surface area contributed by atoms with Crippen LogP contribution in [0.25, 0.3) is 0 Å². The first-order valence-electron chi connectivity index (χ1n) is 12.2. The number of para-hydroxylation sites is 1. The van der Waals surface area contributed by atoms with Gasteiger partial charge in [0.15, 0.2) is 0 Å². The number of anilines is 1. The second-order valence-corrected chi connectivity index (χ2v) is 9.73. The third-order valence-electron chi connectivity index (χ3n) is 7.52. The molecule has 2 fully saturated rings. The Hall–Kier alpha value is -4.19. The zero-order valence-corrected chi connectivity index (χ0v) is 19.7. The SMILES string of the molecule is N#C[C@@H]1C[C@@]2(CN1C(=O)C(=O)NC1CCC(NC(=O)c3ccccc3)CC1)C(=O)Nc1ccccc12. The van der Waals surface area contributed by atoms with Crippen molar-refractivity contribution in [3.63, 3.8) is 0 Å². The zero-order chi connectivity index (χ0) is 25.3. The van der Waals surface area contributed by atoms with Crippen molar-refractivity contribution in [2.45, 2.75) is 55.6 Å². The Labute approximate surface area is 208 Å². The molecule has 2 atom stereocenters. The molecule has 5 rings (SSSR count). The van der Waals surface area contributed by atoms with E-state index in [0.29, 0.717) is 36.9 Å². The molecule has 1 spiro atoms. The van der Waals surface area contributed by atoms with Crippen LogP contribution in [-0.4, -0.2) is 53.2 Å². The molecule has 0 unspecified atom stereocenters. The summed E-state index contributed by atoms with van der Waals surface area (Å²) in [5.74, 6) is -1.94. The topological polar surface area (TPSA) is 131 Å². The molecule has 3 aliphatic rings. The summed E-state index contributed by atoms with van der Waals surface area (Å²) in [6.07, 6.45) is 2.77. The molecule has 2 heterocycles. The molecule has 2 aromatic rings. The highest BCUT2D eigenvalue weighted by Gasteiger charge is 2.56. The molecule has 9 heteroatoms. The van der Waals surface area contributed by atoms with Gasteiger partial charge < -0.3 is 20.9 Å². The molecule has 0 bridgehead atoms. The number of likely N-dealkylation sites (tertiary alicyclic amines) is 1. The van der Waals surface area contributed by atoms with Gasteiger partial charge in [0.05, 0.1) is 11.5 Å². The molecule has 2 aromatic carbocycles. The number of carbonyl (C=O) groups excluding carboxylic acids is 4. The van der Waals surface area contributed by atoms with E-state index in [4.69, 9.17) is 0 Å². The van der Waals surface area contributed by atoms with Gasteiger partial charge in [-0.2, -0.15) is 5.26 Å². The molecule has 3 N–H and O–H groups in total. The molecule has 184 valence electrons. The van der Waals surface area contributed by atoms with Crippen LogP contribution < -0.4 is 16.0 Å². The normalized spacial score (nSPS) is 26.6. The van der Waals surface area contributed by atoms with Gasteiger partial charge in [0.1, 0.15) is 6.04 Å². The van der Waals surface area contributed by atoms with Crippen molar-refractivity contribution in [2.24, 2.45) is 0 Å². The molecule has 0 aromatic heterocycles. The largest absolute Gasteiger partial charge is 0.349 e. The summed E-state index contributed by atoms with van der Waals surface area (Å²) in [5.41, 5.74) is 1.01. The molecular weight excluding hydrogens is 458 g/mol. The lowest BCUT2D eigenvalue weighted by Gasteiger charge is -2.30. The van der Waals surface area contributed by atoms with Crippen molar-refractivity contribution in [3.8, 4) is 6.07 Å². The number of nitrogens with one attached hydrogen (secondary N) is 3. The number of hydrogen-bond donors (Lipinski definition) is 3. The Kier molecular flexibility index (Phi) is 6.18. The number of carbonyl (C=O) groups is 4. The fourth-order valence-electron chi connectivity index (χ4n) is 5.59. The minimum Gasteiger partial charge on any atom is -0.349 e. The van der Waals surface area contributed by atoms with Gasteiger partial charge in [0, 0.05) is 36.3 Å². The lowest BCUT2D eigenvalue weighted by atomic mass is 9.80. The standard InChI is InChI=1S/C27H27N5O4/c28-15-20-14-27(21-8-4-5-9-22(21)31-26(27)36)16-32(20)25(35)24(34)30-19-12-10-18(11-13-19)29-23(33)17-6-2-1-3-7-17/h1-9,18-20H,10-14,16H2,(H,29,33)(H,30,34)(H,31,36)/t18?,19?,20-,27-/m0/s1. The van der Waals surface area contributed by atoms with Crippen LogP contribution in [0.1, 0.15) is 48.0 Å². The van der Waals surface area contributed by atoms with Crippen LogP contribution in [0, 0.1) is 11.3 Å². The summed E-state index contributed by atoms with van der Waals surface area (Å²) in [6, 6.07) is 17.3. The smallest absolute Gasteiger partial charge is 0.313 e. The lowest BCUT2D eigenvalue weighted by Crippen LogP contribution is -2.50. The fourth-order valence-corrected chi connectivity index (χ4v) is 5.59. The van der Waals surface area contributed by atoms with Crippen molar-refractivity contribution >= 4 is 29.3 Å². The Bertz CT molecular complexity index is 1250. The van der Waals surface area contributed by atoms with E-state index < -0.39 is 23.3 Å². The van der Waals surface area contributed by atoms with Crippen LogP contribution in [0.2, 0.25) is 0 Å². The van der Waals surface area contributed by atoms with E-state index in [1.165, 1.54) is 4.90 Å². The first kappa shape index (κ1) is 23.5. The van der Waals surface area contributed by atoms with Gasteiger partial charge in [-0.05, 0) is 49.4 Å². The molecule has 9 nitrogen and oxygen atoms in total. The number of hydrogen-bond acceptors (Lipinski definition) is 5. The quantitative estimate of drug-likeness (QED) is 0.571. The Morgan fingerprint density at radius 2 is 1.58 bits per heavy atom. The summed E-state index contributed by atoms with van der Waals surface area (Å²) < 4.78 is 0. The second kappa shape index (κ2) is 9.46. The van der Waals surface area contributed by atoms with Gasteiger partial charge in [0.2, 0.25) is 5.91 Å². The Morgan fingerprint density at radius 3 is 2.28 bits per heavy atom. The second-order valence-electron chi connectivity index (χ2n) is 9.73. The van der Waals surface area contributed by atoms with Crippen LogP contribution >= 0.6 is 0 Å². The Morgan fingerprint density at radius 1 is 0.944 bits per heavy atom. The molecular formula is C27H27N5O4. The number of fused-ring (bicyclic) bond motifs is 2. The maximum atomic E-state index is 13.1. The summed E-state index contributed by atoms with van der Waals surface area (Å²) in [7, 11) is 0. The molecule has 36 heavy (non-hydrogen) atoms. The summed E-state index contributed by atoms with van der Waals surface area (Å²) in [4.78, 5) is 52.4. The first-order valence-corrected chi connectivity index (χ1v) is 12.2.